The highest BCUT2D eigenvalue weighted by Crippen LogP contribution is 2.67. The summed E-state index contributed by atoms with van der Waals surface area (Å²) in [6.45, 7) is 13.5. The number of hydrogen-bond donors (Lipinski definition) is 1. The minimum Gasteiger partial charge on any atom is -0.294 e. The molecule has 2 aromatic heterocycles. The summed E-state index contributed by atoms with van der Waals surface area (Å²) in [5.41, 5.74) is 5.05. The van der Waals surface area contributed by atoms with E-state index in [1.54, 1.807) is 16.8 Å². The number of fused-ring (bicyclic) bond motifs is 10. The molecular weight excluding hydrogens is 617 g/mol. The molecular formula is C35H38Cl2F2N4O2. The summed E-state index contributed by atoms with van der Waals surface area (Å²) in [6.07, 6.45) is 4.26. The Balaban J connectivity index is 0.000000145. The monoisotopic (exact) mass is 654 g/mol. The van der Waals surface area contributed by atoms with Crippen molar-refractivity contribution >= 4 is 23.2 Å². The van der Waals surface area contributed by atoms with E-state index in [1.807, 2.05) is 11.7 Å². The number of nitrogens with one attached hydrogen (secondary N) is 1. The van der Waals surface area contributed by atoms with Crippen molar-refractivity contribution < 1.29 is 8.78 Å². The predicted octanol–water partition coefficient (Wildman–Crippen LogP) is 8.28. The van der Waals surface area contributed by atoms with E-state index in [0.717, 1.165) is 48.2 Å². The number of hydrogen-bond acceptors (Lipinski definition) is 2. The van der Waals surface area contributed by atoms with Crippen LogP contribution >= 0.6 is 23.2 Å². The van der Waals surface area contributed by atoms with E-state index < -0.39 is 11.6 Å². The molecule has 0 unspecified atom stereocenters. The van der Waals surface area contributed by atoms with Crippen LogP contribution in [-0.4, -0.2) is 19.1 Å². The summed E-state index contributed by atoms with van der Waals surface area (Å²) < 4.78 is 31.6. The quantitative estimate of drug-likeness (QED) is 0.236. The first-order chi connectivity index (χ1) is 21.0. The lowest BCUT2D eigenvalue weighted by Crippen LogP contribution is -2.35. The first kappa shape index (κ1) is 30.5. The molecule has 0 radical (unpaired) electrons. The van der Waals surface area contributed by atoms with Crippen molar-refractivity contribution in [1.29, 1.82) is 0 Å². The zero-order valence-corrected chi connectivity index (χ0v) is 28.1. The summed E-state index contributed by atoms with van der Waals surface area (Å²) in [5, 5.41) is 3.75. The van der Waals surface area contributed by atoms with Gasteiger partial charge in [0.05, 0.1) is 27.1 Å². The fourth-order valence-corrected chi connectivity index (χ4v) is 9.93. The van der Waals surface area contributed by atoms with Crippen LogP contribution in [0.3, 0.4) is 0 Å². The third kappa shape index (κ3) is 3.72. The van der Waals surface area contributed by atoms with Crippen molar-refractivity contribution in [1.82, 2.24) is 19.1 Å². The van der Waals surface area contributed by atoms with Crippen LogP contribution in [0.4, 0.5) is 8.78 Å². The van der Waals surface area contributed by atoms with Gasteiger partial charge in [0.25, 0.3) is 11.1 Å². The molecule has 2 heterocycles. The van der Waals surface area contributed by atoms with E-state index in [9.17, 15) is 18.4 Å². The number of halogens is 4. The lowest BCUT2D eigenvalue weighted by molar-refractivity contribution is 0.218. The van der Waals surface area contributed by atoms with Crippen LogP contribution in [0.5, 0.6) is 0 Å². The summed E-state index contributed by atoms with van der Waals surface area (Å²) in [6, 6.07) is 8.26. The standard InChI is InChI=1S/C18H20ClFN2O.C17H18ClFN2O/c1-17(2)11-7-8-18(17,3)15-14(11)16(23)22(21(15)4)13-6-5-10(20)9-12(13)19;1-16(2)10-6-7-17(16,3)14-13(10)15(22)21(20-14)12-5-4-9(19)8-11(12)18/h5-6,9,11H,7-8H2,1-4H3;4-5,8,10,20H,6-7H2,1-3H3/t11-,18+;10-,17+/m11/s1. The van der Waals surface area contributed by atoms with Crippen molar-refractivity contribution in [2.24, 2.45) is 17.9 Å². The first-order valence-electron chi connectivity index (χ1n) is 15.6. The second-order valence-corrected chi connectivity index (χ2v) is 15.7. The number of benzene rings is 2. The van der Waals surface area contributed by atoms with Crippen molar-refractivity contribution in [2.75, 3.05) is 0 Å². The van der Waals surface area contributed by atoms with Crippen molar-refractivity contribution in [2.45, 2.75) is 89.9 Å². The summed E-state index contributed by atoms with van der Waals surface area (Å²) in [7, 11) is 1.90. The maximum atomic E-state index is 13.3. The molecule has 4 aliphatic carbocycles. The molecule has 4 aliphatic rings. The second-order valence-electron chi connectivity index (χ2n) is 14.9. The fourth-order valence-electron chi connectivity index (χ4n) is 9.43. The zero-order valence-electron chi connectivity index (χ0n) is 26.6. The van der Waals surface area contributed by atoms with Gasteiger partial charge in [-0.05, 0) is 84.7 Å². The molecule has 4 bridgehead atoms. The minimum absolute atomic E-state index is 0.0152. The molecule has 0 saturated heterocycles. The first-order valence-corrected chi connectivity index (χ1v) is 16.3. The van der Waals surface area contributed by atoms with Gasteiger partial charge in [-0.3, -0.25) is 19.4 Å². The van der Waals surface area contributed by atoms with Crippen molar-refractivity contribution in [3.05, 3.63) is 101 Å². The second kappa shape index (κ2) is 9.47. The summed E-state index contributed by atoms with van der Waals surface area (Å²) in [5.74, 6) is -0.255. The van der Waals surface area contributed by atoms with Crippen LogP contribution in [0.1, 0.15) is 102 Å². The van der Waals surface area contributed by atoms with E-state index in [1.165, 1.54) is 28.9 Å². The van der Waals surface area contributed by atoms with Gasteiger partial charge in [0.15, 0.2) is 0 Å². The van der Waals surface area contributed by atoms with E-state index in [0.29, 0.717) is 11.4 Å². The van der Waals surface area contributed by atoms with Crippen LogP contribution in [0.2, 0.25) is 10.0 Å². The molecule has 2 saturated carbocycles. The SMILES string of the molecule is CC1(C)[C@@H]2CC[C@@]1(C)c1[nH]n(-c3ccc(F)cc3Cl)c(=O)c12.Cn1c2c(c(=O)n1-c1ccc(F)cc1Cl)[C@H]1CC[C@]2(C)C1(C)C. The third-order valence-corrected chi connectivity index (χ3v) is 13.3. The van der Waals surface area contributed by atoms with Crippen molar-refractivity contribution in [3.8, 4) is 11.4 Å². The lowest BCUT2D eigenvalue weighted by atomic mass is 9.70. The van der Waals surface area contributed by atoms with Crippen molar-refractivity contribution in [3.63, 3.8) is 0 Å². The number of H-pyrrole nitrogens is 1. The number of aromatic nitrogens is 4. The molecule has 0 aliphatic heterocycles. The normalized spacial score (nSPS) is 27.8. The van der Waals surface area contributed by atoms with E-state index >= 15 is 0 Å². The Kier molecular flexibility index (Phi) is 6.43. The molecule has 8 rings (SSSR count). The van der Waals surface area contributed by atoms with Gasteiger partial charge in [-0.15, -0.1) is 0 Å². The molecule has 2 fully saturated rings. The molecule has 4 atom stereocenters. The molecule has 0 spiro atoms. The maximum absolute atomic E-state index is 13.3. The lowest BCUT2D eigenvalue weighted by Gasteiger charge is -2.36. The smallest absolute Gasteiger partial charge is 0.275 e. The Morgan fingerprint density at radius 1 is 0.756 bits per heavy atom. The highest BCUT2D eigenvalue weighted by Gasteiger charge is 2.63. The molecule has 45 heavy (non-hydrogen) atoms. The van der Waals surface area contributed by atoms with Crippen LogP contribution in [0.25, 0.3) is 11.4 Å². The molecule has 1 N–H and O–H groups in total. The van der Waals surface area contributed by atoms with Gasteiger partial charge in [0, 0.05) is 34.7 Å². The molecule has 238 valence electrons. The molecule has 6 nitrogen and oxygen atoms in total. The molecule has 10 heteroatoms. The van der Waals surface area contributed by atoms with Gasteiger partial charge < -0.3 is 0 Å². The minimum atomic E-state index is -0.408. The van der Waals surface area contributed by atoms with Crippen LogP contribution < -0.4 is 11.1 Å². The Bertz CT molecular complexity index is 2040. The number of rotatable bonds is 2. The van der Waals surface area contributed by atoms with Gasteiger partial charge in [0.1, 0.15) is 11.6 Å². The van der Waals surface area contributed by atoms with Crippen LogP contribution in [0.15, 0.2) is 46.0 Å². The number of aromatic amines is 1. The third-order valence-electron chi connectivity index (χ3n) is 12.7. The highest BCUT2D eigenvalue weighted by atomic mass is 35.5. The summed E-state index contributed by atoms with van der Waals surface area (Å²) in [4.78, 5) is 26.0. The van der Waals surface area contributed by atoms with Gasteiger partial charge in [-0.1, -0.05) is 64.7 Å². The van der Waals surface area contributed by atoms with Gasteiger partial charge in [0.2, 0.25) is 0 Å². The van der Waals surface area contributed by atoms with Gasteiger partial charge in [-0.2, -0.15) is 0 Å². The van der Waals surface area contributed by atoms with Crippen LogP contribution in [-0.2, 0) is 17.9 Å². The van der Waals surface area contributed by atoms with Gasteiger partial charge >= 0.3 is 0 Å². The average molecular weight is 656 g/mol. The van der Waals surface area contributed by atoms with Gasteiger partial charge in [-0.25, -0.2) is 18.1 Å². The topological polar surface area (TPSA) is 64.7 Å². The molecule has 0 amide bonds. The van der Waals surface area contributed by atoms with Crippen LogP contribution in [0, 0.1) is 22.5 Å². The number of nitrogens with zero attached hydrogens (tertiary/aromatic N) is 3. The largest absolute Gasteiger partial charge is 0.294 e. The Labute approximate surface area is 270 Å². The van der Waals surface area contributed by atoms with E-state index in [4.69, 9.17) is 23.2 Å². The fraction of sp³-hybridized carbons (Fsp3) is 0.486. The Morgan fingerprint density at radius 3 is 1.80 bits per heavy atom. The Hall–Kier alpha value is -3.10. The molecule has 4 aromatic rings. The average Bonchev–Trinajstić information content (AvgIpc) is 3.66. The summed E-state index contributed by atoms with van der Waals surface area (Å²) >= 11 is 12.3. The highest BCUT2D eigenvalue weighted by molar-refractivity contribution is 6.32. The maximum Gasteiger partial charge on any atom is 0.275 e. The molecule has 2 aromatic carbocycles. The van der Waals surface area contributed by atoms with E-state index in [2.05, 4.69) is 46.6 Å². The predicted molar refractivity (Wildman–Crippen MR) is 174 cm³/mol. The van der Waals surface area contributed by atoms with E-state index in [-0.39, 0.29) is 54.7 Å². The zero-order chi connectivity index (χ0) is 32.6. The Morgan fingerprint density at radius 2 is 1.27 bits per heavy atom.